The Morgan fingerprint density at radius 3 is 1.76 bits per heavy atom. The lowest BCUT2D eigenvalue weighted by Crippen LogP contribution is -2.12. The molecule has 4 nitrogen and oxygen atoms in total. The van der Waals surface area contributed by atoms with Crippen molar-refractivity contribution in [3.05, 3.63) is 0 Å². The van der Waals surface area contributed by atoms with Crippen LogP contribution in [-0.4, -0.2) is 22.2 Å². The van der Waals surface area contributed by atoms with Crippen LogP contribution in [0, 0.1) is 11.8 Å². The first kappa shape index (κ1) is 15.9. The number of hydrogen-bond donors (Lipinski definition) is 2. The van der Waals surface area contributed by atoms with E-state index in [4.69, 9.17) is 10.2 Å². The third-order valence-electron chi connectivity index (χ3n) is 3.18. The van der Waals surface area contributed by atoms with Crippen molar-refractivity contribution in [3.63, 3.8) is 0 Å². The first-order valence-electron chi connectivity index (χ1n) is 6.43. The van der Waals surface area contributed by atoms with Crippen LogP contribution in [0.5, 0.6) is 0 Å². The molecule has 0 heterocycles. The normalized spacial score (nSPS) is 14.2. The van der Waals surface area contributed by atoms with Crippen molar-refractivity contribution in [1.82, 2.24) is 0 Å². The predicted molar refractivity (Wildman–Crippen MR) is 65.9 cm³/mol. The Bertz CT molecular complexity index is 238. The second-order valence-electron chi connectivity index (χ2n) is 4.70. The summed E-state index contributed by atoms with van der Waals surface area (Å²) in [5, 5.41) is 17.5. The fraction of sp³-hybridized carbons (Fsp3) is 0.846. The van der Waals surface area contributed by atoms with Gasteiger partial charge >= 0.3 is 11.9 Å². The van der Waals surface area contributed by atoms with Gasteiger partial charge in [0.05, 0.1) is 0 Å². The SMILES string of the molecule is CCCC(CCC(CC)CC(=O)O)CC(=O)O. The lowest BCUT2D eigenvalue weighted by Gasteiger charge is -2.17. The summed E-state index contributed by atoms with van der Waals surface area (Å²) >= 11 is 0. The third-order valence-corrected chi connectivity index (χ3v) is 3.18. The minimum Gasteiger partial charge on any atom is -0.481 e. The molecule has 2 atom stereocenters. The van der Waals surface area contributed by atoms with Crippen LogP contribution < -0.4 is 0 Å². The largest absolute Gasteiger partial charge is 0.481 e. The van der Waals surface area contributed by atoms with Crippen molar-refractivity contribution in [2.24, 2.45) is 11.8 Å². The number of hydrogen-bond acceptors (Lipinski definition) is 2. The van der Waals surface area contributed by atoms with Gasteiger partial charge in [0.25, 0.3) is 0 Å². The van der Waals surface area contributed by atoms with E-state index >= 15 is 0 Å². The van der Waals surface area contributed by atoms with Gasteiger partial charge in [-0.25, -0.2) is 0 Å². The summed E-state index contributed by atoms with van der Waals surface area (Å²) in [5.74, 6) is -1.14. The first-order valence-corrected chi connectivity index (χ1v) is 6.43. The zero-order valence-corrected chi connectivity index (χ0v) is 10.8. The van der Waals surface area contributed by atoms with E-state index < -0.39 is 11.9 Å². The van der Waals surface area contributed by atoms with Gasteiger partial charge < -0.3 is 10.2 Å². The van der Waals surface area contributed by atoms with Gasteiger partial charge in [-0.3, -0.25) is 9.59 Å². The third kappa shape index (κ3) is 8.72. The molecule has 2 N–H and O–H groups in total. The maximum Gasteiger partial charge on any atom is 0.303 e. The molecule has 0 aromatic rings. The van der Waals surface area contributed by atoms with Gasteiger partial charge in [0, 0.05) is 12.8 Å². The van der Waals surface area contributed by atoms with Crippen molar-refractivity contribution in [1.29, 1.82) is 0 Å². The lowest BCUT2D eigenvalue weighted by atomic mass is 9.88. The van der Waals surface area contributed by atoms with Crippen molar-refractivity contribution < 1.29 is 19.8 Å². The van der Waals surface area contributed by atoms with E-state index in [0.29, 0.717) is 0 Å². The molecule has 0 spiro atoms. The van der Waals surface area contributed by atoms with Crippen LogP contribution in [0.1, 0.15) is 58.8 Å². The Hall–Kier alpha value is -1.06. The molecule has 0 saturated carbocycles. The number of carboxylic acids is 2. The summed E-state index contributed by atoms with van der Waals surface area (Å²) in [4.78, 5) is 21.3. The standard InChI is InChI=1S/C13H24O4/c1-3-5-11(9-13(16)17)7-6-10(4-2)8-12(14)15/h10-11H,3-9H2,1-2H3,(H,14,15)(H,16,17). The van der Waals surface area contributed by atoms with E-state index in [0.717, 1.165) is 32.1 Å². The number of aliphatic carboxylic acids is 2. The van der Waals surface area contributed by atoms with Gasteiger partial charge in [0.2, 0.25) is 0 Å². The number of carboxylic acid groups (broad SMARTS) is 2. The topological polar surface area (TPSA) is 74.6 Å². The quantitative estimate of drug-likeness (QED) is 0.619. The highest BCUT2D eigenvalue weighted by molar-refractivity contribution is 5.67. The van der Waals surface area contributed by atoms with Crippen LogP contribution in [-0.2, 0) is 9.59 Å². The van der Waals surface area contributed by atoms with Gasteiger partial charge in [0.1, 0.15) is 0 Å². The van der Waals surface area contributed by atoms with Gasteiger partial charge in [-0.15, -0.1) is 0 Å². The minimum absolute atomic E-state index is 0.181. The maximum absolute atomic E-state index is 10.7. The zero-order chi connectivity index (χ0) is 13.3. The number of rotatable bonds is 10. The molecule has 100 valence electrons. The van der Waals surface area contributed by atoms with E-state index in [-0.39, 0.29) is 24.7 Å². The molecule has 0 bridgehead atoms. The van der Waals surface area contributed by atoms with Gasteiger partial charge in [-0.1, -0.05) is 33.1 Å². The van der Waals surface area contributed by atoms with Crippen LogP contribution in [0.25, 0.3) is 0 Å². The molecule has 2 unspecified atom stereocenters. The van der Waals surface area contributed by atoms with Crippen molar-refractivity contribution in [3.8, 4) is 0 Å². The molecule has 0 aliphatic rings. The molecule has 0 amide bonds. The maximum atomic E-state index is 10.7. The Morgan fingerprint density at radius 1 is 0.882 bits per heavy atom. The molecule has 0 aromatic carbocycles. The smallest absolute Gasteiger partial charge is 0.303 e. The lowest BCUT2D eigenvalue weighted by molar-refractivity contribution is -0.139. The highest BCUT2D eigenvalue weighted by Crippen LogP contribution is 2.23. The molecule has 0 radical (unpaired) electrons. The Kier molecular flexibility index (Phi) is 8.46. The van der Waals surface area contributed by atoms with E-state index in [1.807, 2.05) is 13.8 Å². The molecule has 0 rings (SSSR count). The summed E-state index contributed by atoms with van der Waals surface area (Å²) in [7, 11) is 0. The fourth-order valence-electron chi connectivity index (χ4n) is 2.17. The Labute approximate surface area is 103 Å². The second-order valence-corrected chi connectivity index (χ2v) is 4.70. The second kappa shape index (κ2) is 9.02. The molecule has 0 saturated heterocycles. The summed E-state index contributed by atoms with van der Waals surface area (Å²) in [6.07, 6.45) is 4.79. The van der Waals surface area contributed by atoms with Crippen molar-refractivity contribution in [2.75, 3.05) is 0 Å². The summed E-state index contributed by atoms with van der Waals surface area (Å²) in [6.45, 7) is 4.03. The fourth-order valence-corrected chi connectivity index (χ4v) is 2.17. The van der Waals surface area contributed by atoms with E-state index in [1.165, 1.54) is 0 Å². The van der Waals surface area contributed by atoms with E-state index in [2.05, 4.69) is 0 Å². The van der Waals surface area contributed by atoms with E-state index in [1.54, 1.807) is 0 Å². The molecule has 0 aliphatic carbocycles. The summed E-state index contributed by atoms with van der Waals surface area (Å²) in [5.41, 5.74) is 0. The predicted octanol–water partition coefficient (Wildman–Crippen LogP) is 3.16. The van der Waals surface area contributed by atoms with Crippen LogP contribution in [0.15, 0.2) is 0 Å². The number of carbonyl (C=O) groups is 2. The van der Waals surface area contributed by atoms with Gasteiger partial charge in [0.15, 0.2) is 0 Å². The van der Waals surface area contributed by atoms with Crippen LogP contribution in [0.2, 0.25) is 0 Å². The van der Waals surface area contributed by atoms with Crippen LogP contribution in [0.4, 0.5) is 0 Å². The molecular weight excluding hydrogens is 220 g/mol. The van der Waals surface area contributed by atoms with Crippen molar-refractivity contribution >= 4 is 11.9 Å². The molecule has 17 heavy (non-hydrogen) atoms. The average Bonchev–Trinajstić information content (AvgIpc) is 2.22. The van der Waals surface area contributed by atoms with Crippen LogP contribution in [0.3, 0.4) is 0 Å². The minimum atomic E-state index is -0.762. The Balaban J connectivity index is 4.07. The van der Waals surface area contributed by atoms with E-state index in [9.17, 15) is 9.59 Å². The molecule has 0 aromatic heterocycles. The monoisotopic (exact) mass is 244 g/mol. The highest BCUT2D eigenvalue weighted by Gasteiger charge is 2.16. The van der Waals surface area contributed by atoms with Gasteiger partial charge in [-0.2, -0.15) is 0 Å². The van der Waals surface area contributed by atoms with Gasteiger partial charge in [-0.05, 0) is 24.7 Å². The average molecular weight is 244 g/mol. The molecule has 0 fully saturated rings. The summed E-state index contributed by atoms with van der Waals surface area (Å²) in [6, 6.07) is 0. The molecular formula is C13H24O4. The van der Waals surface area contributed by atoms with Crippen LogP contribution >= 0.6 is 0 Å². The first-order chi connectivity index (χ1) is 7.99. The molecule has 4 heteroatoms. The zero-order valence-electron chi connectivity index (χ0n) is 10.8. The summed E-state index contributed by atoms with van der Waals surface area (Å²) < 4.78 is 0. The highest BCUT2D eigenvalue weighted by atomic mass is 16.4. The molecule has 0 aliphatic heterocycles. The van der Waals surface area contributed by atoms with Crippen molar-refractivity contribution in [2.45, 2.75) is 58.8 Å². The Morgan fingerprint density at radius 2 is 1.35 bits per heavy atom.